The van der Waals surface area contributed by atoms with Crippen molar-refractivity contribution in [3.05, 3.63) is 152 Å². The molecule has 4 aromatic rings. The van der Waals surface area contributed by atoms with E-state index in [-0.39, 0.29) is 19.8 Å². The summed E-state index contributed by atoms with van der Waals surface area (Å²) < 4.78 is 71.9. The Kier molecular flexibility index (Phi) is 8.35. The first kappa shape index (κ1) is 29.5. The summed E-state index contributed by atoms with van der Waals surface area (Å²) in [6.45, 7) is 3.94. The molecule has 0 saturated heterocycles. The van der Waals surface area contributed by atoms with Gasteiger partial charge in [-0.05, 0) is 0 Å². The van der Waals surface area contributed by atoms with E-state index in [1.807, 2.05) is 108 Å². The predicted octanol–water partition coefficient (Wildman–Crippen LogP) is 8.25. The first-order valence-corrected chi connectivity index (χ1v) is 17.9. The monoisotopic (exact) mass is 618 g/mol. The molecule has 2 aliphatic rings. The topological polar surface area (TPSA) is 9.86 Å². The molecule has 43 heavy (non-hydrogen) atoms. The van der Waals surface area contributed by atoms with Gasteiger partial charge in [0.1, 0.15) is 0 Å². The third-order valence-corrected chi connectivity index (χ3v) is 16.8. The summed E-state index contributed by atoms with van der Waals surface area (Å²) in [5.41, 5.74) is 0.674. The van der Waals surface area contributed by atoms with E-state index < -0.39 is 39.9 Å². The Labute approximate surface area is 253 Å². The number of nitrogens with zero attached hydrogens (tertiary/aromatic N) is 2. The van der Waals surface area contributed by atoms with Gasteiger partial charge in [-0.1, -0.05) is 0 Å². The molecule has 2 aromatic heterocycles. The predicted molar refractivity (Wildman–Crippen MR) is 161 cm³/mol. The number of rotatable bonds is 10. The van der Waals surface area contributed by atoms with Gasteiger partial charge in [0.05, 0.1) is 0 Å². The van der Waals surface area contributed by atoms with Crippen LogP contribution < -0.4 is 7.74 Å². The molecule has 2 unspecified atom stereocenters. The summed E-state index contributed by atoms with van der Waals surface area (Å²) in [6.07, 6.45) is 20.2. The minimum atomic E-state index is -4.86. The molecule has 2 aliphatic carbocycles. The van der Waals surface area contributed by atoms with Gasteiger partial charge in [-0.2, -0.15) is 0 Å². The fourth-order valence-electron chi connectivity index (χ4n) is 6.75. The number of benzene rings is 2. The molecule has 0 N–H and O–H groups in total. The Bertz CT molecular complexity index is 1620. The van der Waals surface area contributed by atoms with E-state index >= 15 is 17.6 Å². The first-order chi connectivity index (χ1) is 20.8. The zero-order valence-electron chi connectivity index (χ0n) is 24.3. The van der Waals surface area contributed by atoms with Crippen LogP contribution >= 0.6 is 0 Å². The quantitative estimate of drug-likeness (QED) is 0.125. The Balaban J connectivity index is 1.59. The van der Waals surface area contributed by atoms with Gasteiger partial charge in [0.2, 0.25) is 0 Å². The molecule has 0 amide bonds. The molecule has 0 fully saturated rings. The molecule has 2 nitrogen and oxygen atoms in total. The van der Waals surface area contributed by atoms with Crippen LogP contribution in [0.1, 0.15) is 49.9 Å². The molecule has 220 valence electrons. The normalized spacial score (nSPS) is 16.0. The first-order valence-electron chi connectivity index (χ1n) is 14.7. The second-order valence-electron chi connectivity index (χ2n) is 11.6. The van der Waals surface area contributed by atoms with Crippen LogP contribution in [0.2, 0.25) is 0 Å². The summed E-state index contributed by atoms with van der Waals surface area (Å²) >= 11 is -4.86. The van der Waals surface area contributed by atoms with Crippen LogP contribution in [-0.2, 0) is 29.4 Å². The molecule has 0 radical (unpaired) electrons. The SMILES string of the molecule is CC(Cc1ccc(F)[c]([Ti]([C]2=CC=CC2)([C]2=CC=CC2)[c]2c(F)ccc(CC(C)n3cccc3)c2F)c1F)n1cccc1. The van der Waals surface area contributed by atoms with Crippen LogP contribution in [0.25, 0.3) is 0 Å². The van der Waals surface area contributed by atoms with E-state index in [1.54, 1.807) is 0 Å². The summed E-state index contributed by atoms with van der Waals surface area (Å²) in [7, 11) is 0. The second-order valence-corrected chi connectivity index (χ2v) is 17.5. The van der Waals surface area contributed by atoms with Crippen molar-refractivity contribution in [3.8, 4) is 0 Å². The standard InChI is InChI=1S/2C13H12F2N.2C5H5.Ti/c2*1-10(16-6-2-3-7-16)8-11-4-5-12(14)9-13(11)15;2*1-2-4-5-3-1;/h2*2-7,10H,8H2,1H3;2*1-3H,4H2;. The molecule has 0 saturated carbocycles. The van der Waals surface area contributed by atoms with Gasteiger partial charge in [-0.15, -0.1) is 0 Å². The summed E-state index contributed by atoms with van der Waals surface area (Å²) in [5, 5.41) is 0. The average molecular weight is 619 g/mol. The van der Waals surface area contributed by atoms with Crippen LogP contribution in [0.15, 0.2) is 118 Å². The Hall–Kier alpha value is -3.61. The van der Waals surface area contributed by atoms with Crippen LogP contribution in [0.3, 0.4) is 0 Å². The van der Waals surface area contributed by atoms with Crippen molar-refractivity contribution in [1.29, 1.82) is 0 Å². The average Bonchev–Trinajstić information content (AvgIpc) is 3.83. The van der Waals surface area contributed by atoms with Gasteiger partial charge in [0, 0.05) is 0 Å². The molecular weight excluding hydrogens is 584 g/mol. The van der Waals surface area contributed by atoms with Gasteiger partial charge in [0.25, 0.3) is 0 Å². The van der Waals surface area contributed by atoms with Crippen LogP contribution in [0.4, 0.5) is 17.6 Å². The number of allylic oxidation sites excluding steroid dienone is 8. The maximum absolute atomic E-state index is 17.0. The van der Waals surface area contributed by atoms with Crippen molar-refractivity contribution in [2.75, 3.05) is 0 Å². The third kappa shape index (κ3) is 5.25. The van der Waals surface area contributed by atoms with Gasteiger partial charge >= 0.3 is 255 Å². The maximum atomic E-state index is 17.0. The molecule has 2 heterocycles. The summed E-state index contributed by atoms with van der Waals surface area (Å²) in [4.78, 5) is 0. The van der Waals surface area contributed by atoms with Crippen LogP contribution in [0.5, 0.6) is 0 Å². The van der Waals surface area contributed by atoms with Crippen molar-refractivity contribution in [2.24, 2.45) is 0 Å². The van der Waals surface area contributed by atoms with E-state index in [4.69, 9.17) is 0 Å². The summed E-state index contributed by atoms with van der Waals surface area (Å²) in [6, 6.07) is 12.9. The van der Waals surface area contributed by atoms with E-state index in [1.165, 1.54) is 24.3 Å². The number of hydrogen-bond acceptors (Lipinski definition) is 0. The second kappa shape index (κ2) is 12.2. The molecule has 0 spiro atoms. The fraction of sp³-hybridized carbons (Fsp3) is 0.222. The van der Waals surface area contributed by atoms with Crippen LogP contribution in [0, 0.1) is 23.3 Å². The number of halogens is 4. The van der Waals surface area contributed by atoms with Crippen molar-refractivity contribution >= 4 is 7.74 Å². The van der Waals surface area contributed by atoms with E-state index in [9.17, 15) is 0 Å². The van der Waals surface area contributed by atoms with Gasteiger partial charge in [-0.3, -0.25) is 0 Å². The minimum absolute atomic E-state index is 0.101. The zero-order chi connectivity index (χ0) is 30.1. The van der Waals surface area contributed by atoms with Gasteiger partial charge in [-0.25, -0.2) is 0 Å². The molecule has 2 atom stereocenters. The third-order valence-electron chi connectivity index (χ3n) is 8.90. The Morgan fingerprint density at radius 1 is 0.628 bits per heavy atom. The zero-order valence-corrected chi connectivity index (χ0v) is 25.8. The van der Waals surface area contributed by atoms with Crippen molar-refractivity contribution in [1.82, 2.24) is 9.13 Å². The molecule has 6 rings (SSSR count). The van der Waals surface area contributed by atoms with Gasteiger partial charge < -0.3 is 0 Å². The molecule has 2 aromatic carbocycles. The van der Waals surface area contributed by atoms with E-state index in [0.717, 1.165) is 7.76 Å². The van der Waals surface area contributed by atoms with Crippen LogP contribution in [-0.4, -0.2) is 9.13 Å². The van der Waals surface area contributed by atoms with Crippen molar-refractivity contribution in [2.45, 2.75) is 51.6 Å². The summed E-state index contributed by atoms with van der Waals surface area (Å²) in [5.74, 6) is -2.88. The number of hydrogen-bond donors (Lipinski definition) is 0. The van der Waals surface area contributed by atoms with Crippen molar-refractivity contribution in [3.63, 3.8) is 0 Å². The van der Waals surface area contributed by atoms with Crippen molar-refractivity contribution < 1.29 is 34.2 Å². The Morgan fingerprint density at radius 3 is 1.37 bits per heavy atom. The Morgan fingerprint density at radius 2 is 1.02 bits per heavy atom. The molecule has 7 heteroatoms. The fourth-order valence-corrected chi connectivity index (χ4v) is 15.1. The molecule has 0 aliphatic heterocycles. The molecular formula is C36H34F4N2Ti. The molecule has 0 bridgehead atoms. The number of aromatic nitrogens is 2. The van der Waals surface area contributed by atoms with E-state index in [0.29, 0.717) is 36.8 Å². The van der Waals surface area contributed by atoms with Gasteiger partial charge in [0.15, 0.2) is 0 Å². The van der Waals surface area contributed by atoms with E-state index in [2.05, 4.69) is 0 Å².